The van der Waals surface area contributed by atoms with E-state index < -0.39 is 10.2 Å². The highest BCUT2D eigenvalue weighted by Gasteiger charge is 2.39. The van der Waals surface area contributed by atoms with Gasteiger partial charge in [0, 0.05) is 32.7 Å². The van der Waals surface area contributed by atoms with E-state index in [-0.39, 0.29) is 6.04 Å². The minimum atomic E-state index is -3.29. The molecular weight excluding hydrogens is 238 g/mol. The van der Waals surface area contributed by atoms with Crippen molar-refractivity contribution in [2.45, 2.75) is 38.1 Å². The van der Waals surface area contributed by atoms with Crippen molar-refractivity contribution in [2.75, 3.05) is 26.7 Å². The summed E-state index contributed by atoms with van der Waals surface area (Å²) in [6.07, 6.45) is 5.32. The summed E-state index contributed by atoms with van der Waals surface area (Å²) in [5, 5.41) is 0. The van der Waals surface area contributed by atoms with E-state index in [1.165, 1.54) is 4.31 Å². The Labute approximate surface area is 104 Å². The first kappa shape index (κ1) is 13.3. The van der Waals surface area contributed by atoms with Crippen LogP contribution in [-0.2, 0) is 10.2 Å². The molecule has 1 heterocycles. The zero-order valence-electron chi connectivity index (χ0n) is 10.5. The average Bonchev–Trinajstić information content (AvgIpc) is 3.15. The van der Waals surface area contributed by atoms with Crippen LogP contribution < -0.4 is 5.73 Å². The summed E-state index contributed by atoms with van der Waals surface area (Å²) in [5.74, 6) is 0.476. The summed E-state index contributed by atoms with van der Waals surface area (Å²) in [6.45, 7) is 1.75. The minimum Gasteiger partial charge on any atom is -0.329 e. The van der Waals surface area contributed by atoms with Gasteiger partial charge < -0.3 is 5.73 Å². The van der Waals surface area contributed by atoms with Crippen molar-refractivity contribution in [1.82, 2.24) is 8.61 Å². The van der Waals surface area contributed by atoms with Crippen LogP contribution in [0.1, 0.15) is 32.1 Å². The van der Waals surface area contributed by atoms with Crippen molar-refractivity contribution in [3.8, 4) is 0 Å². The van der Waals surface area contributed by atoms with Gasteiger partial charge >= 0.3 is 0 Å². The van der Waals surface area contributed by atoms with Crippen LogP contribution in [0.2, 0.25) is 0 Å². The van der Waals surface area contributed by atoms with Gasteiger partial charge in [-0.25, -0.2) is 0 Å². The molecule has 2 N–H and O–H groups in total. The van der Waals surface area contributed by atoms with Gasteiger partial charge in [0.2, 0.25) is 0 Å². The zero-order chi connectivity index (χ0) is 12.5. The van der Waals surface area contributed by atoms with E-state index in [0.717, 1.165) is 32.1 Å². The average molecular weight is 261 g/mol. The summed E-state index contributed by atoms with van der Waals surface area (Å²) in [6, 6.07) is -0.0121. The number of piperidine rings is 1. The molecule has 0 bridgehead atoms. The molecule has 100 valence electrons. The van der Waals surface area contributed by atoms with Gasteiger partial charge in [0.1, 0.15) is 0 Å². The SMILES string of the molecule is CN(C(CN)C1CC1)S(=O)(=O)N1CCCCC1. The molecule has 2 rings (SSSR count). The number of rotatable bonds is 5. The molecule has 0 aromatic heterocycles. The van der Waals surface area contributed by atoms with E-state index in [2.05, 4.69) is 0 Å². The molecule has 17 heavy (non-hydrogen) atoms. The molecule has 1 unspecified atom stereocenters. The third-order valence-electron chi connectivity index (χ3n) is 3.88. The standard InChI is InChI=1S/C11H23N3O2S/c1-13(11(9-12)10-5-6-10)17(15,16)14-7-3-2-4-8-14/h10-11H,2-9,12H2,1H3. The molecule has 0 aromatic rings. The largest absolute Gasteiger partial charge is 0.329 e. The third-order valence-corrected chi connectivity index (χ3v) is 5.90. The number of likely N-dealkylation sites (N-methyl/N-ethyl adjacent to an activating group) is 1. The summed E-state index contributed by atoms with van der Waals surface area (Å²) < 4.78 is 28.0. The Morgan fingerprint density at radius 1 is 1.29 bits per heavy atom. The zero-order valence-corrected chi connectivity index (χ0v) is 11.3. The first-order chi connectivity index (χ1) is 8.07. The highest BCUT2D eigenvalue weighted by atomic mass is 32.2. The van der Waals surface area contributed by atoms with Crippen molar-refractivity contribution in [3.05, 3.63) is 0 Å². The number of nitrogens with two attached hydrogens (primary N) is 1. The topological polar surface area (TPSA) is 66.6 Å². The molecule has 1 aliphatic heterocycles. The molecule has 6 heteroatoms. The molecular formula is C11H23N3O2S. The van der Waals surface area contributed by atoms with Crippen molar-refractivity contribution in [1.29, 1.82) is 0 Å². The van der Waals surface area contributed by atoms with Crippen molar-refractivity contribution in [3.63, 3.8) is 0 Å². The molecule has 1 aliphatic carbocycles. The first-order valence-electron chi connectivity index (χ1n) is 6.50. The Bertz CT molecular complexity index is 348. The molecule has 2 aliphatic rings. The van der Waals surface area contributed by atoms with Crippen LogP contribution in [0.3, 0.4) is 0 Å². The van der Waals surface area contributed by atoms with Crippen molar-refractivity contribution < 1.29 is 8.42 Å². The van der Waals surface area contributed by atoms with Crippen LogP contribution in [0.25, 0.3) is 0 Å². The first-order valence-corrected chi connectivity index (χ1v) is 7.90. The fourth-order valence-corrected chi connectivity index (χ4v) is 4.25. The lowest BCUT2D eigenvalue weighted by molar-refractivity contribution is 0.279. The maximum Gasteiger partial charge on any atom is 0.282 e. The highest BCUT2D eigenvalue weighted by molar-refractivity contribution is 7.86. The lowest BCUT2D eigenvalue weighted by atomic mass is 10.2. The summed E-state index contributed by atoms with van der Waals surface area (Å²) in [5.41, 5.74) is 5.72. The van der Waals surface area contributed by atoms with E-state index in [9.17, 15) is 8.42 Å². The van der Waals surface area contributed by atoms with Gasteiger partial charge in [0.25, 0.3) is 10.2 Å². The van der Waals surface area contributed by atoms with E-state index in [4.69, 9.17) is 5.73 Å². The van der Waals surface area contributed by atoms with E-state index in [1.54, 1.807) is 11.4 Å². The van der Waals surface area contributed by atoms with Crippen LogP contribution in [0.15, 0.2) is 0 Å². The van der Waals surface area contributed by atoms with Crippen LogP contribution in [0, 0.1) is 5.92 Å². The van der Waals surface area contributed by atoms with Crippen molar-refractivity contribution in [2.24, 2.45) is 11.7 Å². The Morgan fingerprint density at radius 3 is 2.35 bits per heavy atom. The smallest absolute Gasteiger partial charge is 0.282 e. The molecule has 2 fully saturated rings. The molecule has 0 radical (unpaired) electrons. The maximum absolute atomic E-state index is 12.4. The lowest BCUT2D eigenvalue weighted by Crippen LogP contribution is -2.51. The monoisotopic (exact) mass is 261 g/mol. The normalized spacial score (nSPS) is 25.1. The second-order valence-electron chi connectivity index (χ2n) is 5.12. The van der Waals surface area contributed by atoms with Crippen molar-refractivity contribution >= 4 is 10.2 Å². The number of nitrogens with zero attached hydrogens (tertiary/aromatic N) is 2. The summed E-state index contributed by atoms with van der Waals surface area (Å²) in [4.78, 5) is 0. The number of hydrogen-bond acceptors (Lipinski definition) is 3. The van der Waals surface area contributed by atoms with Gasteiger partial charge in [-0.1, -0.05) is 6.42 Å². The Morgan fingerprint density at radius 2 is 1.88 bits per heavy atom. The third kappa shape index (κ3) is 2.81. The van der Waals surface area contributed by atoms with E-state index in [1.807, 2.05) is 0 Å². The lowest BCUT2D eigenvalue weighted by Gasteiger charge is -2.34. The Balaban J connectivity index is 2.07. The second kappa shape index (κ2) is 5.22. The van der Waals surface area contributed by atoms with E-state index in [0.29, 0.717) is 25.6 Å². The van der Waals surface area contributed by atoms with Crippen LogP contribution >= 0.6 is 0 Å². The molecule has 0 aromatic carbocycles. The highest BCUT2D eigenvalue weighted by Crippen LogP contribution is 2.35. The quantitative estimate of drug-likeness (QED) is 0.778. The molecule has 0 amide bonds. The van der Waals surface area contributed by atoms with Crippen LogP contribution in [-0.4, -0.2) is 49.8 Å². The van der Waals surface area contributed by atoms with Gasteiger partial charge in [-0.2, -0.15) is 17.0 Å². The van der Waals surface area contributed by atoms with Gasteiger partial charge in [0.05, 0.1) is 0 Å². The Hall–Kier alpha value is -0.170. The Kier molecular flexibility index (Phi) is 4.07. The second-order valence-corrected chi connectivity index (χ2v) is 7.11. The summed E-state index contributed by atoms with van der Waals surface area (Å²) in [7, 11) is -1.61. The van der Waals surface area contributed by atoms with Gasteiger partial charge in [-0.05, 0) is 31.6 Å². The molecule has 1 saturated heterocycles. The van der Waals surface area contributed by atoms with Crippen LogP contribution in [0.4, 0.5) is 0 Å². The molecule has 1 saturated carbocycles. The van der Waals surface area contributed by atoms with Gasteiger partial charge in [-0.3, -0.25) is 0 Å². The van der Waals surface area contributed by atoms with E-state index >= 15 is 0 Å². The van der Waals surface area contributed by atoms with Crippen LogP contribution in [0.5, 0.6) is 0 Å². The summed E-state index contributed by atoms with van der Waals surface area (Å²) >= 11 is 0. The predicted octanol–water partition coefficient (Wildman–Crippen LogP) is 0.386. The van der Waals surface area contributed by atoms with Gasteiger partial charge in [-0.15, -0.1) is 0 Å². The molecule has 1 atom stereocenters. The predicted molar refractivity (Wildman–Crippen MR) is 67.7 cm³/mol. The fourth-order valence-electron chi connectivity index (χ4n) is 2.57. The van der Waals surface area contributed by atoms with Gasteiger partial charge in [0.15, 0.2) is 0 Å². The molecule has 0 spiro atoms. The maximum atomic E-state index is 12.4. The minimum absolute atomic E-state index is 0.0121. The molecule has 5 nitrogen and oxygen atoms in total. The number of hydrogen-bond donors (Lipinski definition) is 1. The fraction of sp³-hybridized carbons (Fsp3) is 1.00.